The van der Waals surface area contributed by atoms with E-state index in [2.05, 4.69) is 24.0 Å². The maximum atomic E-state index is 11.0. The minimum atomic E-state index is -0.738. The van der Waals surface area contributed by atoms with E-state index < -0.39 is 12.0 Å². The first-order valence-corrected chi connectivity index (χ1v) is 7.80. The van der Waals surface area contributed by atoms with Gasteiger partial charge in [0.1, 0.15) is 6.04 Å². The summed E-state index contributed by atoms with van der Waals surface area (Å²) in [6.45, 7) is 7.47. The Hall–Kier alpha value is -1.10. The second-order valence-corrected chi connectivity index (χ2v) is 6.20. The van der Waals surface area contributed by atoms with Gasteiger partial charge in [0.25, 0.3) is 0 Å². The Balaban J connectivity index is 1.84. The Morgan fingerprint density at radius 3 is 2.19 bits per heavy atom. The summed E-state index contributed by atoms with van der Waals surface area (Å²) in [6, 6.07) is 8.06. The fourth-order valence-corrected chi connectivity index (χ4v) is 2.94. The normalized spacial score (nSPS) is 20.1. The van der Waals surface area contributed by atoms with Gasteiger partial charge in [-0.15, -0.1) is 0 Å². The van der Waals surface area contributed by atoms with Crippen LogP contribution in [-0.2, 0) is 11.2 Å². The number of hydrogen-bond donors (Lipinski definition) is 1. The van der Waals surface area contributed by atoms with Crippen molar-refractivity contribution in [1.82, 2.24) is 9.80 Å². The van der Waals surface area contributed by atoms with Gasteiger partial charge in [-0.2, -0.15) is 0 Å². The third-order valence-electron chi connectivity index (χ3n) is 4.32. The van der Waals surface area contributed by atoms with Crippen LogP contribution in [0.4, 0.5) is 0 Å². The van der Waals surface area contributed by atoms with Crippen LogP contribution in [0.25, 0.3) is 0 Å². The molecule has 1 aliphatic heterocycles. The molecule has 1 aromatic carbocycles. The summed E-state index contributed by atoms with van der Waals surface area (Å²) in [7, 11) is 0. The lowest BCUT2D eigenvalue weighted by molar-refractivity contribution is -0.143. The Bertz CT molecular complexity index is 470. The largest absolute Gasteiger partial charge is 0.480 e. The zero-order valence-electron chi connectivity index (χ0n) is 12.6. The van der Waals surface area contributed by atoms with Crippen LogP contribution >= 0.6 is 11.6 Å². The Labute approximate surface area is 131 Å². The van der Waals surface area contributed by atoms with Crippen molar-refractivity contribution in [2.45, 2.75) is 32.4 Å². The number of carboxylic acids is 1. The summed E-state index contributed by atoms with van der Waals surface area (Å²) in [5.41, 5.74) is 1.29. The van der Waals surface area contributed by atoms with Gasteiger partial charge in [0.15, 0.2) is 0 Å². The average Bonchev–Trinajstić information content (AvgIpc) is 2.49. The van der Waals surface area contributed by atoms with Crippen molar-refractivity contribution in [3.8, 4) is 0 Å². The van der Waals surface area contributed by atoms with Gasteiger partial charge in [-0.1, -0.05) is 23.7 Å². The van der Waals surface area contributed by atoms with Crippen molar-refractivity contribution in [2.24, 2.45) is 0 Å². The molecule has 116 valence electrons. The highest BCUT2D eigenvalue weighted by atomic mass is 35.5. The molecular weight excluding hydrogens is 288 g/mol. The second kappa shape index (κ2) is 7.25. The third kappa shape index (κ3) is 4.43. The smallest absolute Gasteiger partial charge is 0.320 e. The van der Waals surface area contributed by atoms with E-state index in [9.17, 15) is 4.79 Å². The van der Waals surface area contributed by atoms with Crippen LogP contribution in [0.1, 0.15) is 19.4 Å². The van der Waals surface area contributed by atoms with Crippen LogP contribution in [-0.4, -0.2) is 59.1 Å². The lowest BCUT2D eigenvalue weighted by Gasteiger charge is -2.39. The number of aliphatic carboxylic acids is 1. The number of hydrogen-bond acceptors (Lipinski definition) is 3. The number of benzene rings is 1. The van der Waals surface area contributed by atoms with Gasteiger partial charge in [0, 0.05) is 37.2 Å². The van der Waals surface area contributed by atoms with Crippen molar-refractivity contribution in [1.29, 1.82) is 0 Å². The van der Waals surface area contributed by atoms with E-state index in [0.717, 1.165) is 37.6 Å². The second-order valence-electron chi connectivity index (χ2n) is 5.77. The molecule has 2 atom stereocenters. The number of carboxylic acid groups (broad SMARTS) is 1. The van der Waals surface area contributed by atoms with Gasteiger partial charge in [-0.05, 0) is 38.0 Å². The van der Waals surface area contributed by atoms with Gasteiger partial charge in [0.05, 0.1) is 0 Å². The van der Waals surface area contributed by atoms with Crippen LogP contribution in [0.3, 0.4) is 0 Å². The summed E-state index contributed by atoms with van der Waals surface area (Å²) >= 11 is 5.90. The number of rotatable bonds is 5. The fourth-order valence-electron chi connectivity index (χ4n) is 2.81. The van der Waals surface area contributed by atoms with Crippen molar-refractivity contribution in [3.63, 3.8) is 0 Å². The summed E-state index contributed by atoms with van der Waals surface area (Å²) in [6.07, 6.45) is 0.992. The molecule has 21 heavy (non-hydrogen) atoms. The minimum absolute atomic E-state index is 0.390. The Morgan fingerprint density at radius 1 is 1.14 bits per heavy atom. The van der Waals surface area contributed by atoms with E-state index >= 15 is 0 Å². The van der Waals surface area contributed by atoms with E-state index in [4.69, 9.17) is 16.7 Å². The average molecular weight is 311 g/mol. The summed E-state index contributed by atoms with van der Waals surface area (Å²) < 4.78 is 0. The monoisotopic (exact) mass is 310 g/mol. The SMILES string of the molecule is CC(Cc1ccc(Cl)cc1)N1CCN(C(C)C(=O)O)CC1. The van der Waals surface area contributed by atoms with Crippen molar-refractivity contribution < 1.29 is 9.90 Å². The molecule has 5 heteroatoms. The first-order chi connectivity index (χ1) is 9.97. The maximum Gasteiger partial charge on any atom is 0.320 e. The molecule has 1 saturated heterocycles. The fraction of sp³-hybridized carbons (Fsp3) is 0.562. The molecule has 2 unspecified atom stereocenters. The molecule has 4 nitrogen and oxygen atoms in total. The molecule has 1 N–H and O–H groups in total. The zero-order valence-corrected chi connectivity index (χ0v) is 13.4. The van der Waals surface area contributed by atoms with Gasteiger partial charge in [0.2, 0.25) is 0 Å². The van der Waals surface area contributed by atoms with Crippen LogP contribution in [0, 0.1) is 0 Å². The predicted molar refractivity (Wildman–Crippen MR) is 84.9 cm³/mol. The molecule has 1 fully saturated rings. The van der Waals surface area contributed by atoms with Gasteiger partial charge in [-0.3, -0.25) is 14.6 Å². The molecule has 0 aliphatic carbocycles. The molecule has 0 aromatic heterocycles. The van der Waals surface area contributed by atoms with Crippen molar-refractivity contribution in [2.75, 3.05) is 26.2 Å². The summed E-state index contributed by atoms with van der Waals surface area (Å²) in [4.78, 5) is 15.5. The number of carbonyl (C=O) groups is 1. The molecule has 1 heterocycles. The molecule has 0 radical (unpaired) electrons. The molecule has 0 saturated carbocycles. The number of piperazine rings is 1. The summed E-state index contributed by atoms with van der Waals surface area (Å²) in [5.74, 6) is -0.738. The number of nitrogens with zero attached hydrogens (tertiary/aromatic N) is 2. The van der Waals surface area contributed by atoms with Gasteiger partial charge >= 0.3 is 5.97 Å². The Kier molecular flexibility index (Phi) is 5.62. The topological polar surface area (TPSA) is 43.8 Å². The van der Waals surface area contributed by atoms with Crippen LogP contribution < -0.4 is 0 Å². The first-order valence-electron chi connectivity index (χ1n) is 7.42. The van der Waals surface area contributed by atoms with E-state index in [-0.39, 0.29) is 0 Å². The molecule has 0 amide bonds. The third-order valence-corrected chi connectivity index (χ3v) is 4.57. The zero-order chi connectivity index (χ0) is 15.4. The predicted octanol–water partition coefficient (Wildman–Crippen LogP) is 2.36. The quantitative estimate of drug-likeness (QED) is 0.907. The van der Waals surface area contributed by atoms with Crippen LogP contribution in [0.15, 0.2) is 24.3 Å². The highest BCUT2D eigenvalue weighted by Crippen LogP contribution is 2.15. The van der Waals surface area contributed by atoms with E-state index in [1.807, 2.05) is 17.0 Å². The molecule has 0 bridgehead atoms. The highest BCUT2D eigenvalue weighted by Gasteiger charge is 2.26. The minimum Gasteiger partial charge on any atom is -0.480 e. The number of halogens is 1. The molecular formula is C16H23ClN2O2. The molecule has 2 rings (SSSR count). The maximum absolute atomic E-state index is 11.0. The van der Waals surface area contributed by atoms with Crippen molar-refractivity contribution >= 4 is 17.6 Å². The van der Waals surface area contributed by atoms with Gasteiger partial charge in [-0.25, -0.2) is 0 Å². The van der Waals surface area contributed by atoms with Gasteiger partial charge < -0.3 is 5.11 Å². The Morgan fingerprint density at radius 2 is 1.67 bits per heavy atom. The molecule has 1 aromatic rings. The van der Waals surface area contributed by atoms with E-state index in [1.165, 1.54) is 5.56 Å². The molecule has 1 aliphatic rings. The molecule has 0 spiro atoms. The van der Waals surface area contributed by atoms with Crippen LogP contribution in [0.2, 0.25) is 5.02 Å². The van der Waals surface area contributed by atoms with Crippen molar-refractivity contribution in [3.05, 3.63) is 34.9 Å². The van der Waals surface area contributed by atoms with E-state index in [1.54, 1.807) is 6.92 Å². The lowest BCUT2D eigenvalue weighted by atomic mass is 10.1. The van der Waals surface area contributed by atoms with E-state index in [0.29, 0.717) is 6.04 Å². The summed E-state index contributed by atoms with van der Waals surface area (Å²) in [5, 5.41) is 9.83. The lowest BCUT2D eigenvalue weighted by Crippen LogP contribution is -2.54. The van der Waals surface area contributed by atoms with Crippen LogP contribution in [0.5, 0.6) is 0 Å². The highest BCUT2D eigenvalue weighted by molar-refractivity contribution is 6.30. The first kappa shape index (κ1) is 16.3. The standard InChI is InChI=1S/C16H23ClN2O2/c1-12(11-14-3-5-15(17)6-4-14)18-7-9-19(10-8-18)13(2)16(20)21/h3-6,12-13H,7-11H2,1-2H3,(H,20,21).